The van der Waals surface area contributed by atoms with Gasteiger partial charge in [-0.2, -0.15) is 0 Å². The summed E-state index contributed by atoms with van der Waals surface area (Å²) in [7, 11) is 1.57. The summed E-state index contributed by atoms with van der Waals surface area (Å²) >= 11 is 6.47. The van der Waals surface area contributed by atoms with Crippen LogP contribution in [0.1, 0.15) is 58.3 Å². The number of hydrogen-bond acceptors (Lipinski definition) is 5. The highest BCUT2D eigenvalue weighted by Gasteiger charge is 2.44. The van der Waals surface area contributed by atoms with Crippen molar-refractivity contribution in [2.24, 2.45) is 5.92 Å². The fourth-order valence-corrected chi connectivity index (χ4v) is 4.95. The van der Waals surface area contributed by atoms with Crippen LogP contribution in [-0.4, -0.2) is 19.6 Å². The average molecular weight is 532 g/mol. The monoisotopic (exact) mass is 531 g/mol. The molecule has 5 rings (SSSR count). The number of fused-ring (bicyclic) bond motifs is 2. The molecule has 2 heterocycles. The van der Waals surface area contributed by atoms with Crippen LogP contribution in [0.3, 0.4) is 0 Å². The van der Waals surface area contributed by atoms with E-state index in [4.69, 9.17) is 25.5 Å². The Morgan fingerprint density at radius 2 is 1.68 bits per heavy atom. The summed E-state index contributed by atoms with van der Waals surface area (Å²) in [6.07, 6.45) is 0. The second kappa shape index (κ2) is 9.84. The zero-order valence-electron chi connectivity index (χ0n) is 22.3. The quantitative estimate of drug-likeness (QED) is 0.264. The lowest BCUT2D eigenvalue weighted by Crippen LogP contribution is -2.29. The van der Waals surface area contributed by atoms with Gasteiger partial charge in [0.1, 0.15) is 5.58 Å². The Bertz CT molecular complexity index is 1640. The smallest absolute Gasteiger partial charge is 0.295 e. The number of anilines is 1. The molecule has 1 amide bonds. The molecule has 1 aromatic heterocycles. The lowest BCUT2D eigenvalue weighted by molar-refractivity contribution is 0.0971. The van der Waals surface area contributed by atoms with E-state index in [1.165, 1.54) is 0 Å². The molecule has 0 spiro atoms. The molecule has 0 N–H and O–H groups in total. The third-order valence-corrected chi connectivity index (χ3v) is 7.40. The number of hydrogen-bond donors (Lipinski definition) is 0. The van der Waals surface area contributed by atoms with E-state index in [1.54, 1.807) is 18.1 Å². The molecule has 0 saturated carbocycles. The fraction of sp³-hybridized carbons (Fsp3) is 0.290. The van der Waals surface area contributed by atoms with Gasteiger partial charge in [-0.3, -0.25) is 14.5 Å². The molecular weight excluding hydrogens is 502 g/mol. The summed E-state index contributed by atoms with van der Waals surface area (Å²) < 4.78 is 17.7. The first-order valence-corrected chi connectivity index (χ1v) is 13.0. The first kappa shape index (κ1) is 25.9. The molecule has 1 atom stereocenters. The number of ether oxygens (including phenoxy) is 2. The van der Waals surface area contributed by atoms with Crippen molar-refractivity contribution in [1.29, 1.82) is 0 Å². The molecule has 0 saturated heterocycles. The Morgan fingerprint density at radius 1 is 0.947 bits per heavy atom. The molecule has 7 heteroatoms. The zero-order valence-corrected chi connectivity index (χ0v) is 23.1. The van der Waals surface area contributed by atoms with Gasteiger partial charge >= 0.3 is 0 Å². The van der Waals surface area contributed by atoms with Crippen molar-refractivity contribution >= 4 is 34.2 Å². The fourth-order valence-electron chi connectivity index (χ4n) is 4.77. The van der Waals surface area contributed by atoms with Gasteiger partial charge in [0, 0.05) is 10.7 Å². The Kier molecular flexibility index (Phi) is 6.70. The van der Waals surface area contributed by atoms with Crippen molar-refractivity contribution in [3.05, 3.63) is 97.4 Å². The summed E-state index contributed by atoms with van der Waals surface area (Å²) in [4.78, 5) is 29.5. The van der Waals surface area contributed by atoms with Crippen LogP contribution in [0, 0.1) is 26.7 Å². The Hall–Kier alpha value is -3.77. The van der Waals surface area contributed by atoms with E-state index < -0.39 is 11.9 Å². The molecule has 3 aromatic carbocycles. The highest BCUT2D eigenvalue weighted by Crippen LogP contribution is 2.44. The van der Waals surface area contributed by atoms with E-state index in [2.05, 4.69) is 13.8 Å². The number of benzene rings is 3. The van der Waals surface area contributed by atoms with Crippen molar-refractivity contribution < 1.29 is 18.7 Å². The second-order valence-electron chi connectivity index (χ2n) is 10.2. The Balaban J connectivity index is 1.75. The molecule has 196 valence electrons. The van der Waals surface area contributed by atoms with Crippen molar-refractivity contribution in [2.45, 2.75) is 40.7 Å². The predicted molar refractivity (Wildman–Crippen MR) is 150 cm³/mol. The van der Waals surface area contributed by atoms with Crippen LogP contribution in [-0.2, 0) is 0 Å². The molecule has 0 radical (unpaired) electrons. The van der Waals surface area contributed by atoms with Gasteiger partial charge in [-0.05, 0) is 85.3 Å². The zero-order chi connectivity index (χ0) is 27.3. The number of amides is 1. The number of methoxy groups -OCH3 is 1. The summed E-state index contributed by atoms with van der Waals surface area (Å²) in [5, 5.41) is 0.966. The van der Waals surface area contributed by atoms with Crippen LogP contribution in [0.15, 0.2) is 57.7 Å². The summed E-state index contributed by atoms with van der Waals surface area (Å²) in [6, 6.07) is 13.8. The Morgan fingerprint density at radius 3 is 2.37 bits per heavy atom. The van der Waals surface area contributed by atoms with Gasteiger partial charge in [0.2, 0.25) is 5.76 Å². The van der Waals surface area contributed by atoms with Crippen LogP contribution >= 0.6 is 11.6 Å². The molecule has 4 aromatic rings. The molecule has 1 aliphatic rings. The normalized spacial score (nSPS) is 14.9. The lowest BCUT2D eigenvalue weighted by Gasteiger charge is -2.26. The summed E-state index contributed by atoms with van der Waals surface area (Å²) in [6.45, 7) is 10.5. The number of halogens is 1. The highest BCUT2D eigenvalue weighted by molar-refractivity contribution is 6.31. The standard InChI is InChI=1S/C31H30ClNO5/c1-16(2)15-37-24-10-8-20(13-26(24)36-6)28-27-29(34)22-11-18(4)19(5)12-25(22)38-30(27)31(35)33(28)21-9-7-17(3)23(32)14-21/h7-14,16,28H,15H2,1-6H3. The number of rotatable bonds is 6. The van der Waals surface area contributed by atoms with Crippen LogP contribution in [0.25, 0.3) is 11.0 Å². The van der Waals surface area contributed by atoms with Crippen LogP contribution in [0.2, 0.25) is 5.02 Å². The third kappa shape index (κ3) is 4.33. The van der Waals surface area contributed by atoms with Crippen molar-refractivity contribution in [1.82, 2.24) is 0 Å². The predicted octanol–water partition coefficient (Wildman–Crippen LogP) is 7.16. The van der Waals surface area contributed by atoms with E-state index in [0.717, 1.165) is 16.7 Å². The maximum absolute atomic E-state index is 14.0. The second-order valence-corrected chi connectivity index (χ2v) is 10.6. The maximum atomic E-state index is 14.0. The SMILES string of the molecule is COc1cc(C2c3c(oc4cc(C)c(C)cc4c3=O)C(=O)N2c2ccc(C)c(Cl)c2)ccc1OCC(C)C. The average Bonchev–Trinajstić information content (AvgIpc) is 3.18. The molecular formula is C31H30ClNO5. The van der Waals surface area contributed by atoms with E-state index in [9.17, 15) is 9.59 Å². The van der Waals surface area contributed by atoms with Gasteiger partial charge in [0.05, 0.1) is 30.7 Å². The van der Waals surface area contributed by atoms with Crippen molar-refractivity contribution in [2.75, 3.05) is 18.6 Å². The first-order chi connectivity index (χ1) is 18.1. The van der Waals surface area contributed by atoms with Gasteiger partial charge < -0.3 is 13.9 Å². The number of carbonyl (C=O) groups is 1. The third-order valence-electron chi connectivity index (χ3n) is 7.00. The summed E-state index contributed by atoms with van der Waals surface area (Å²) in [5.74, 6) is 1.08. The largest absolute Gasteiger partial charge is 0.493 e. The van der Waals surface area contributed by atoms with Crippen molar-refractivity contribution in [3.63, 3.8) is 0 Å². The molecule has 0 bridgehead atoms. The number of carbonyl (C=O) groups excluding carboxylic acids is 1. The molecule has 38 heavy (non-hydrogen) atoms. The Labute approximate surface area is 226 Å². The van der Waals surface area contributed by atoms with Crippen LogP contribution in [0.5, 0.6) is 11.5 Å². The van der Waals surface area contributed by atoms with Crippen LogP contribution in [0.4, 0.5) is 5.69 Å². The molecule has 1 aliphatic heterocycles. The van der Waals surface area contributed by atoms with E-state index in [1.807, 2.05) is 63.2 Å². The van der Waals surface area contributed by atoms with Gasteiger partial charge in [-0.1, -0.05) is 37.6 Å². The molecule has 6 nitrogen and oxygen atoms in total. The highest BCUT2D eigenvalue weighted by atomic mass is 35.5. The minimum absolute atomic E-state index is 0.0338. The summed E-state index contributed by atoms with van der Waals surface area (Å²) in [5.41, 5.74) is 4.54. The molecule has 0 fully saturated rings. The molecule has 1 unspecified atom stereocenters. The molecule has 0 aliphatic carbocycles. The lowest BCUT2D eigenvalue weighted by atomic mass is 9.96. The van der Waals surface area contributed by atoms with E-state index in [-0.39, 0.29) is 11.2 Å². The van der Waals surface area contributed by atoms with Gasteiger partial charge in [-0.15, -0.1) is 0 Å². The van der Waals surface area contributed by atoms with Crippen molar-refractivity contribution in [3.8, 4) is 11.5 Å². The van der Waals surface area contributed by atoms with E-state index in [0.29, 0.717) is 56.8 Å². The minimum Gasteiger partial charge on any atom is -0.493 e. The number of aryl methyl sites for hydroxylation is 3. The van der Waals surface area contributed by atoms with Gasteiger partial charge in [-0.25, -0.2) is 0 Å². The number of nitrogens with zero attached hydrogens (tertiary/aromatic N) is 1. The van der Waals surface area contributed by atoms with E-state index >= 15 is 0 Å². The first-order valence-electron chi connectivity index (χ1n) is 12.6. The maximum Gasteiger partial charge on any atom is 0.295 e. The minimum atomic E-state index is -0.744. The van der Waals surface area contributed by atoms with Crippen LogP contribution < -0.4 is 19.8 Å². The topological polar surface area (TPSA) is 69.0 Å². The van der Waals surface area contributed by atoms with Gasteiger partial charge in [0.25, 0.3) is 5.91 Å². The van der Waals surface area contributed by atoms with Gasteiger partial charge in [0.15, 0.2) is 16.9 Å².